The zero-order valence-electron chi connectivity index (χ0n) is 12.2. The van der Waals surface area contributed by atoms with Gasteiger partial charge in [0.15, 0.2) is 8.32 Å². The second-order valence-electron chi connectivity index (χ2n) is 6.05. The molecule has 1 rings (SSSR count). The molecule has 0 saturated heterocycles. The van der Waals surface area contributed by atoms with Gasteiger partial charge < -0.3 is 4.43 Å². The lowest BCUT2D eigenvalue weighted by molar-refractivity contribution is 0.298. The van der Waals surface area contributed by atoms with Gasteiger partial charge >= 0.3 is 0 Å². The van der Waals surface area contributed by atoms with E-state index in [2.05, 4.69) is 51.0 Å². The minimum atomic E-state index is -1.61. The molecule has 0 amide bonds. The lowest BCUT2D eigenvalue weighted by atomic mass is 10.2. The summed E-state index contributed by atoms with van der Waals surface area (Å²) >= 11 is 0. The van der Waals surface area contributed by atoms with Gasteiger partial charge in [-0.15, -0.1) is 0 Å². The summed E-state index contributed by atoms with van der Waals surface area (Å²) < 4.78 is 6.06. The van der Waals surface area contributed by atoms with Crippen LogP contribution >= 0.6 is 0 Å². The first-order chi connectivity index (χ1) is 8.33. The molecule has 0 aliphatic carbocycles. The van der Waals surface area contributed by atoms with Gasteiger partial charge in [0, 0.05) is 6.21 Å². The van der Waals surface area contributed by atoms with Crippen molar-refractivity contribution in [1.82, 2.24) is 0 Å². The largest absolute Gasteiger partial charge is 0.415 e. The van der Waals surface area contributed by atoms with Crippen LogP contribution in [-0.2, 0) is 4.43 Å². The van der Waals surface area contributed by atoms with Gasteiger partial charge in [0.25, 0.3) is 0 Å². The molecule has 0 spiro atoms. The van der Waals surface area contributed by atoms with Crippen LogP contribution < -0.4 is 0 Å². The maximum Gasteiger partial charge on any atom is 0.192 e. The molecule has 0 fully saturated rings. The molecule has 0 aliphatic rings. The Hall–Kier alpha value is -0.933. The molecule has 0 radical (unpaired) electrons. The molecule has 100 valence electrons. The van der Waals surface area contributed by atoms with Crippen molar-refractivity contribution in [3.05, 3.63) is 35.9 Å². The van der Waals surface area contributed by atoms with E-state index < -0.39 is 8.32 Å². The number of rotatable bonds is 5. The summed E-state index contributed by atoms with van der Waals surface area (Å²) in [5.41, 5.74) is 1.14. The van der Waals surface area contributed by atoms with Crippen LogP contribution in [0.3, 0.4) is 0 Å². The Morgan fingerprint density at radius 1 is 1.17 bits per heavy atom. The number of hydrogen-bond donors (Lipinski definition) is 0. The standard InChI is InChI=1S/C15H25NOSi/c1-15(2,3)18(4,5)17-12-11-16-13-14-9-7-6-8-10-14/h6-10,13H,11-12H2,1-5H3. The lowest BCUT2D eigenvalue weighted by Gasteiger charge is -2.35. The molecule has 1 aromatic carbocycles. The number of nitrogens with zero attached hydrogens (tertiary/aromatic N) is 1. The van der Waals surface area contributed by atoms with Gasteiger partial charge in [-0.05, 0) is 23.7 Å². The van der Waals surface area contributed by atoms with E-state index in [9.17, 15) is 0 Å². The van der Waals surface area contributed by atoms with Crippen LogP contribution in [0.25, 0.3) is 0 Å². The van der Waals surface area contributed by atoms with E-state index in [1.165, 1.54) is 0 Å². The van der Waals surface area contributed by atoms with E-state index >= 15 is 0 Å². The third kappa shape index (κ3) is 4.74. The maximum absolute atomic E-state index is 6.06. The molecular formula is C15H25NOSi. The SMILES string of the molecule is CC(C)(C)[Si](C)(C)OCCN=Cc1ccccc1. The first-order valence-corrected chi connectivity index (χ1v) is 9.42. The van der Waals surface area contributed by atoms with Crippen LogP contribution in [0.4, 0.5) is 0 Å². The molecule has 0 N–H and O–H groups in total. The molecule has 18 heavy (non-hydrogen) atoms. The van der Waals surface area contributed by atoms with Gasteiger partial charge in [0.05, 0.1) is 13.2 Å². The molecular weight excluding hydrogens is 238 g/mol. The zero-order chi connectivity index (χ0) is 13.6. The summed E-state index contributed by atoms with van der Waals surface area (Å²) in [6, 6.07) is 10.2. The zero-order valence-corrected chi connectivity index (χ0v) is 13.2. The van der Waals surface area contributed by atoms with Crippen molar-refractivity contribution in [3.8, 4) is 0 Å². The molecule has 0 aliphatic heterocycles. The number of aliphatic imine (C=N–C) groups is 1. The van der Waals surface area contributed by atoms with E-state index in [0.717, 1.165) is 18.7 Å². The topological polar surface area (TPSA) is 21.6 Å². The van der Waals surface area contributed by atoms with Crippen LogP contribution in [0.1, 0.15) is 26.3 Å². The molecule has 0 aromatic heterocycles. The molecule has 0 heterocycles. The highest BCUT2D eigenvalue weighted by Gasteiger charge is 2.36. The van der Waals surface area contributed by atoms with Gasteiger partial charge in [0.2, 0.25) is 0 Å². The van der Waals surface area contributed by atoms with Crippen molar-refractivity contribution in [2.75, 3.05) is 13.2 Å². The van der Waals surface area contributed by atoms with Gasteiger partial charge in [-0.2, -0.15) is 0 Å². The Bertz CT molecular complexity index is 379. The Morgan fingerprint density at radius 3 is 2.33 bits per heavy atom. The predicted molar refractivity (Wildman–Crippen MR) is 82.1 cm³/mol. The number of benzene rings is 1. The van der Waals surface area contributed by atoms with Crippen molar-refractivity contribution in [3.63, 3.8) is 0 Å². The average Bonchev–Trinajstić information content (AvgIpc) is 2.28. The van der Waals surface area contributed by atoms with Crippen LogP contribution in [0.5, 0.6) is 0 Å². The highest BCUT2D eigenvalue weighted by atomic mass is 28.4. The fraction of sp³-hybridized carbons (Fsp3) is 0.533. The molecule has 1 aromatic rings. The van der Waals surface area contributed by atoms with Crippen LogP contribution in [-0.4, -0.2) is 27.7 Å². The Labute approximate surface area is 112 Å². The molecule has 3 heteroatoms. The van der Waals surface area contributed by atoms with Crippen LogP contribution in [0.15, 0.2) is 35.3 Å². The monoisotopic (exact) mass is 263 g/mol. The quantitative estimate of drug-likeness (QED) is 0.445. The van der Waals surface area contributed by atoms with Crippen molar-refractivity contribution in [2.24, 2.45) is 4.99 Å². The number of hydrogen-bond acceptors (Lipinski definition) is 2. The summed E-state index contributed by atoms with van der Waals surface area (Å²) in [6.45, 7) is 12.8. The van der Waals surface area contributed by atoms with E-state index in [1.807, 2.05) is 24.4 Å². The summed E-state index contributed by atoms with van der Waals surface area (Å²) in [4.78, 5) is 4.40. The lowest BCUT2D eigenvalue weighted by Crippen LogP contribution is -2.41. The summed E-state index contributed by atoms with van der Waals surface area (Å²) in [6.07, 6.45) is 1.91. The fourth-order valence-corrected chi connectivity index (χ4v) is 2.31. The van der Waals surface area contributed by atoms with Crippen LogP contribution in [0, 0.1) is 0 Å². The second kappa shape index (κ2) is 6.30. The maximum atomic E-state index is 6.06. The van der Waals surface area contributed by atoms with E-state index in [0.29, 0.717) is 0 Å². The first-order valence-electron chi connectivity index (χ1n) is 6.52. The Balaban J connectivity index is 2.34. The molecule has 0 unspecified atom stereocenters. The minimum Gasteiger partial charge on any atom is -0.415 e. The summed E-state index contributed by atoms with van der Waals surface area (Å²) in [7, 11) is -1.61. The van der Waals surface area contributed by atoms with E-state index in [4.69, 9.17) is 4.43 Å². The average molecular weight is 263 g/mol. The highest BCUT2D eigenvalue weighted by Crippen LogP contribution is 2.36. The van der Waals surface area contributed by atoms with E-state index in [-0.39, 0.29) is 5.04 Å². The molecule has 0 bridgehead atoms. The van der Waals surface area contributed by atoms with Gasteiger partial charge in [-0.25, -0.2) is 0 Å². The molecule has 0 saturated carbocycles. The van der Waals surface area contributed by atoms with Gasteiger partial charge in [0.1, 0.15) is 0 Å². The normalized spacial score (nSPS) is 13.2. The molecule has 2 nitrogen and oxygen atoms in total. The van der Waals surface area contributed by atoms with Crippen molar-refractivity contribution in [2.45, 2.75) is 38.9 Å². The second-order valence-corrected chi connectivity index (χ2v) is 10.9. The first kappa shape index (κ1) is 15.1. The van der Waals surface area contributed by atoms with Crippen LogP contribution in [0.2, 0.25) is 18.1 Å². The third-order valence-electron chi connectivity index (χ3n) is 3.53. The minimum absolute atomic E-state index is 0.274. The summed E-state index contributed by atoms with van der Waals surface area (Å²) in [5.74, 6) is 0. The predicted octanol–water partition coefficient (Wildman–Crippen LogP) is 4.13. The Kier molecular flexibility index (Phi) is 5.29. The van der Waals surface area contributed by atoms with Crippen molar-refractivity contribution in [1.29, 1.82) is 0 Å². The highest BCUT2D eigenvalue weighted by molar-refractivity contribution is 6.74. The third-order valence-corrected chi connectivity index (χ3v) is 8.07. The van der Waals surface area contributed by atoms with Crippen molar-refractivity contribution >= 4 is 14.5 Å². The fourth-order valence-electron chi connectivity index (χ4n) is 1.28. The smallest absolute Gasteiger partial charge is 0.192 e. The van der Waals surface area contributed by atoms with Gasteiger partial charge in [-0.3, -0.25) is 4.99 Å². The van der Waals surface area contributed by atoms with E-state index in [1.54, 1.807) is 0 Å². The van der Waals surface area contributed by atoms with Gasteiger partial charge in [-0.1, -0.05) is 51.1 Å². The Morgan fingerprint density at radius 2 is 1.78 bits per heavy atom. The molecule has 0 atom stereocenters. The van der Waals surface area contributed by atoms with Crippen molar-refractivity contribution < 1.29 is 4.43 Å². The summed E-state index contributed by atoms with van der Waals surface area (Å²) in [5, 5.41) is 0.274.